The van der Waals surface area contributed by atoms with Crippen LogP contribution in [0.5, 0.6) is 5.75 Å². The predicted molar refractivity (Wildman–Crippen MR) is 97.9 cm³/mol. The normalized spacial score (nSPS) is 12.6. The Labute approximate surface area is 157 Å². The number of alkyl halides is 3. The number of aromatic nitrogens is 1. The highest BCUT2D eigenvalue weighted by molar-refractivity contribution is 7.18. The van der Waals surface area contributed by atoms with Crippen molar-refractivity contribution in [1.29, 1.82) is 0 Å². The van der Waals surface area contributed by atoms with Gasteiger partial charge in [0.05, 0.1) is 16.3 Å². The maximum atomic E-state index is 12.4. The number of halogens is 3. The standard InChI is InChI=1S/C18H16F3N3O2S/c1-11(16-23-14-5-3-4-6-15(14)27-16)24(2)17(25)22-12-7-9-13(10-8-12)26-18(19,20)21/h3-11H,1-2H3,(H,22,25)/t11-/m1/s1. The van der Waals surface area contributed by atoms with Crippen LogP contribution in [0.1, 0.15) is 18.0 Å². The summed E-state index contributed by atoms with van der Waals surface area (Å²) in [6, 6.07) is 12.0. The lowest BCUT2D eigenvalue weighted by Crippen LogP contribution is -2.33. The van der Waals surface area contributed by atoms with E-state index >= 15 is 0 Å². The van der Waals surface area contributed by atoms with Crippen LogP contribution in [0.15, 0.2) is 48.5 Å². The van der Waals surface area contributed by atoms with E-state index in [4.69, 9.17) is 0 Å². The van der Waals surface area contributed by atoms with E-state index in [0.29, 0.717) is 5.69 Å². The Morgan fingerprint density at radius 2 is 1.85 bits per heavy atom. The third-order valence-electron chi connectivity index (χ3n) is 3.91. The van der Waals surface area contributed by atoms with Gasteiger partial charge in [-0.25, -0.2) is 9.78 Å². The van der Waals surface area contributed by atoms with Crippen LogP contribution in [0.3, 0.4) is 0 Å². The zero-order valence-electron chi connectivity index (χ0n) is 14.4. The first-order valence-electron chi connectivity index (χ1n) is 7.98. The SMILES string of the molecule is C[C@H](c1nc2ccccc2s1)N(C)C(=O)Nc1ccc(OC(F)(F)F)cc1. The average Bonchev–Trinajstić information content (AvgIpc) is 3.05. The second-order valence-electron chi connectivity index (χ2n) is 5.81. The number of hydrogen-bond donors (Lipinski definition) is 1. The van der Waals surface area contributed by atoms with Crippen molar-refractivity contribution in [2.75, 3.05) is 12.4 Å². The van der Waals surface area contributed by atoms with E-state index in [1.165, 1.54) is 28.4 Å². The minimum atomic E-state index is -4.75. The van der Waals surface area contributed by atoms with E-state index in [1.807, 2.05) is 31.2 Å². The Kier molecular flexibility index (Phi) is 5.22. The number of carbonyl (C=O) groups excluding carboxylic acids is 1. The molecule has 2 aromatic carbocycles. The number of thiazole rings is 1. The molecule has 0 saturated carbocycles. The summed E-state index contributed by atoms with van der Waals surface area (Å²) in [5.74, 6) is -0.350. The Hall–Kier alpha value is -2.81. The van der Waals surface area contributed by atoms with Gasteiger partial charge in [0.2, 0.25) is 0 Å². The number of hydrogen-bond acceptors (Lipinski definition) is 4. The largest absolute Gasteiger partial charge is 0.573 e. The maximum Gasteiger partial charge on any atom is 0.573 e. The van der Waals surface area contributed by atoms with Gasteiger partial charge < -0.3 is 15.0 Å². The predicted octanol–water partition coefficient (Wildman–Crippen LogP) is 5.42. The summed E-state index contributed by atoms with van der Waals surface area (Å²) >= 11 is 1.51. The van der Waals surface area contributed by atoms with E-state index in [9.17, 15) is 18.0 Å². The summed E-state index contributed by atoms with van der Waals surface area (Å²) in [5, 5.41) is 3.44. The Morgan fingerprint density at radius 1 is 1.19 bits per heavy atom. The molecule has 1 heterocycles. The number of benzene rings is 2. The smallest absolute Gasteiger partial charge is 0.406 e. The number of nitrogens with zero attached hydrogens (tertiary/aromatic N) is 2. The van der Waals surface area contributed by atoms with E-state index in [0.717, 1.165) is 27.4 Å². The molecule has 3 aromatic rings. The van der Waals surface area contributed by atoms with E-state index in [-0.39, 0.29) is 11.8 Å². The van der Waals surface area contributed by atoms with Crippen molar-refractivity contribution in [3.8, 4) is 5.75 Å². The monoisotopic (exact) mass is 395 g/mol. The van der Waals surface area contributed by atoms with Crippen LogP contribution in [0.4, 0.5) is 23.7 Å². The Morgan fingerprint density at radius 3 is 2.48 bits per heavy atom. The molecule has 27 heavy (non-hydrogen) atoms. The summed E-state index contributed by atoms with van der Waals surface area (Å²) in [7, 11) is 1.63. The molecule has 0 radical (unpaired) electrons. The minimum Gasteiger partial charge on any atom is -0.406 e. The van der Waals surface area contributed by atoms with Crippen molar-refractivity contribution >= 4 is 33.3 Å². The zero-order valence-corrected chi connectivity index (χ0v) is 15.3. The molecule has 142 valence electrons. The highest BCUT2D eigenvalue weighted by Gasteiger charge is 2.31. The Bertz CT molecular complexity index is 908. The maximum absolute atomic E-state index is 12.4. The molecular weight excluding hydrogens is 379 g/mol. The van der Waals surface area contributed by atoms with Crippen LogP contribution in [0.25, 0.3) is 10.2 Å². The molecule has 0 fully saturated rings. The molecular formula is C18H16F3N3O2S. The van der Waals surface area contributed by atoms with Gasteiger partial charge in [0.1, 0.15) is 10.8 Å². The van der Waals surface area contributed by atoms with Crippen molar-refractivity contribution in [2.45, 2.75) is 19.3 Å². The second kappa shape index (κ2) is 7.43. The van der Waals surface area contributed by atoms with Gasteiger partial charge in [0.25, 0.3) is 0 Å². The van der Waals surface area contributed by atoms with Crippen molar-refractivity contribution in [3.05, 3.63) is 53.5 Å². The number of urea groups is 1. The summed E-state index contributed by atoms with van der Waals surface area (Å²) in [4.78, 5) is 18.5. The molecule has 0 spiro atoms. The van der Waals surface area contributed by atoms with Gasteiger partial charge in [-0.2, -0.15) is 0 Å². The molecule has 9 heteroatoms. The third-order valence-corrected chi connectivity index (χ3v) is 5.11. The molecule has 0 aliphatic heterocycles. The second-order valence-corrected chi connectivity index (χ2v) is 6.87. The van der Waals surface area contributed by atoms with Crippen molar-refractivity contribution in [2.24, 2.45) is 0 Å². The first kappa shape index (κ1) is 19.0. The van der Waals surface area contributed by atoms with Crippen molar-refractivity contribution in [3.63, 3.8) is 0 Å². The number of fused-ring (bicyclic) bond motifs is 1. The molecule has 1 aromatic heterocycles. The number of carbonyl (C=O) groups is 1. The first-order valence-corrected chi connectivity index (χ1v) is 8.80. The lowest BCUT2D eigenvalue weighted by molar-refractivity contribution is -0.274. The fourth-order valence-corrected chi connectivity index (χ4v) is 3.42. The van der Waals surface area contributed by atoms with Crippen LogP contribution in [0, 0.1) is 0 Å². The van der Waals surface area contributed by atoms with Gasteiger partial charge >= 0.3 is 12.4 Å². The molecule has 1 atom stereocenters. The van der Waals surface area contributed by atoms with E-state index in [1.54, 1.807) is 7.05 Å². The van der Waals surface area contributed by atoms with Crippen LogP contribution < -0.4 is 10.1 Å². The molecule has 0 unspecified atom stereocenters. The fourth-order valence-electron chi connectivity index (χ4n) is 2.36. The zero-order chi connectivity index (χ0) is 19.6. The first-order chi connectivity index (χ1) is 12.7. The highest BCUT2D eigenvalue weighted by atomic mass is 32.1. The van der Waals surface area contributed by atoms with Gasteiger partial charge in [-0.15, -0.1) is 24.5 Å². The lowest BCUT2D eigenvalue weighted by Gasteiger charge is -2.23. The molecule has 5 nitrogen and oxygen atoms in total. The molecule has 0 saturated heterocycles. The Balaban J connectivity index is 1.66. The van der Waals surface area contributed by atoms with Gasteiger partial charge in [-0.1, -0.05) is 12.1 Å². The van der Waals surface area contributed by atoms with E-state index in [2.05, 4.69) is 15.0 Å². The lowest BCUT2D eigenvalue weighted by atomic mass is 10.3. The van der Waals surface area contributed by atoms with Crippen molar-refractivity contribution in [1.82, 2.24) is 9.88 Å². The molecule has 0 aliphatic rings. The number of anilines is 1. The summed E-state index contributed by atoms with van der Waals surface area (Å²) in [6.45, 7) is 1.86. The molecule has 3 rings (SSSR count). The summed E-state index contributed by atoms with van der Waals surface area (Å²) in [5.41, 5.74) is 1.23. The van der Waals surface area contributed by atoms with Crippen LogP contribution in [-0.4, -0.2) is 29.3 Å². The highest BCUT2D eigenvalue weighted by Crippen LogP contribution is 2.29. The molecule has 1 N–H and O–H groups in total. The minimum absolute atomic E-state index is 0.268. The number of nitrogens with one attached hydrogen (secondary N) is 1. The van der Waals surface area contributed by atoms with Gasteiger partial charge in [0.15, 0.2) is 0 Å². The van der Waals surface area contributed by atoms with Gasteiger partial charge in [-0.3, -0.25) is 0 Å². The van der Waals surface area contributed by atoms with Crippen LogP contribution in [-0.2, 0) is 0 Å². The quantitative estimate of drug-likeness (QED) is 0.642. The van der Waals surface area contributed by atoms with Crippen LogP contribution >= 0.6 is 11.3 Å². The van der Waals surface area contributed by atoms with Crippen LogP contribution in [0.2, 0.25) is 0 Å². The number of amides is 2. The van der Waals surface area contributed by atoms with Crippen molar-refractivity contribution < 1.29 is 22.7 Å². The van der Waals surface area contributed by atoms with Gasteiger partial charge in [0, 0.05) is 12.7 Å². The molecule has 0 bridgehead atoms. The van der Waals surface area contributed by atoms with E-state index < -0.39 is 12.4 Å². The number of rotatable bonds is 4. The fraction of sp³-hybridized carbons (Fsp3) is 0.222. The average molecular weight is 395 g/mol. The summed E-state index contributed by atoms with van der Waals surface area (Å²) in [6.07, 6.45) is -4.75. The number of ether oxygens (including phenoxy) is 1. The third kappa shape index (κ3) is 4.68. The summed E-state index contributed by atoms with van der Waals surface area (Å²) < 4.78 is 41.4. The van der Waals surface area contributed by atoms with Gasteiger partial charge in [-0.05, 0) is 43.3 Å². The molecule has 2 amide bonds. The molecule has 0 aliphatic carbocycles. The number of para-hydroxylation sites is 1. The topological polar surface area (TPSA) is 54.5 Å².